The molecule has 7 heteroatoms. The first-order chi connectivity index (χ1) is 13.1. The van der Waals surface area contributed by atoms with Gasteiger partial charge in [-0.15, -0.1) is 0 Å². The van der Waals surface area contributed by atoms with Gasteiger partial charge in [0.2, 0.25) is 0 Å². The Bertz CT molecular complexity index is 801. The van der Waals surface area contributed by atoms with Crippen molar-refractivity contribution in [2.45, 2.75) is 6.42 Å². The van der Waals surface area contributed by atoms with E-state index in [0.29, 0.717) is 36.3 Å². The van der Waals surface area contributed by atoms with E-state index in [4.69, 9.17) is 14.2 Å². The van der Waals surface area contributed by atoms with E-state index in [1.54, 1.807) is 20.3 Å². The van der Waals surface area contributed by atoms with E-state index in [1.807, 2.05) is 12.1 Å². The zero-order valence-corrected chi connectivity index (χ0v) is 15.2. The first-order valence-corrected chi connectivity index (χ1v) is 8.27. The summed E-state index contributed by atoms with van der Waals surface area (Å²) in [5.74, 6) is 0.241. The van der Waals surface area contributed by atoms with Gasteiger partial charge >= 0.3 is 5.97 Å². The number of methoxy groups -OCH3 is 2. The van der Waals surface area contributed by atoms with Gasteiger partial charge in [0.25, 0.3) is 5.91 Å². The fraction of sp³-hybridized carbons (Fsp3) is 0.250. The maximum atomic E-state index is 11.9. The SMILES string of the molecule is COc1ccc(CCNC(=O)COC(=O)c2ccc(C=O)cc2)cc1OC. The summed E-state index contributed by atoms with van der Waals surface area (Å²) in [7, 11) is 3.12. The Hall–Kier alpha value is -3.35. The van der Waals surface area contributed by atoms with Crippen molar-refractivity contribution in [2.24, 2.45) is 0 Å². The second kappa shape index (κ2) is 9.96. The third kappa shape index (κ3) is 5.85. The minimum Gasteiger partial charge on any atom is -0.493 e. The van der Waals surface area contributed by atoms with Crippen molar-refractivity contribution in [1.29, 1.82) is 0 Å². The number of carbonyl (C=O) groups excluding carboxylic acids is 3. The van der Waals surface area contributed by atoms with Crippen molar-refractivity contribution >= 4 is 18.2 Å². The van der Waals surface area contributed by atoms with E-state index in [1.165, 1.54) is 24.3 Å². The van der Waals surface area contributed by atoms with Crippen molar-refractivity contribution in [3.8, 4) is 11.5 Å². The smallest absolute Gasteiger partial charge is 0.338 e. The molecular formula is C20H21NO6. The second-order valence-corrected chi connectivity index (χ2v) is 5.61. The van der Waals surface area contributed by atoms with E-state index in [0.717, 1.165) is 5.56 Å². The zero-order chi connectivity index (χ0) is 19.6. The number of esters is 1. The number of aldehydes is 1. The van der Waals surface area contributed by atoms with Gasteiger partial charge in [0.05, 0.1) is 19.8 Å². The van der Waals surface area contributed by atoms with Gasteiger partial charge in [0.1, 0.15) is 6.29 Å². The van der Waals surface area contributed by atoms with Gasteiger partial charge in [-0.25, -0.2) is 4.79 Å². The lowest BCUT2D eigenvalue weighted by molar-refractivity contribution is -0.124. The Kier molecular flexibility index (Phi) is 7.37. The molecule has 0 heterocycles. The number of rotatable bonds is 9. The van der Waals surface area contributed by atoms with Crippen LogP contribution < -0.4 is 14.8 Å². The van der Waals surface area contributed by atoms with E-state index >= 15 is 0 Å². The molecule has 0 aliphatic heterocycles. The van der Waals surface area contributed by atoms with Crippen LogP contribution in [0, 0.1) is 0 Å². The number of hydrogen-bond acceptors (Lipinski definition) is 6. The molecule has 0 spiro atoms. The molecule has 0 aliphatic rings. The Morgan fingerprint density at radius 1 is 1.00 bits per heavy atom. The number of hydrogen-bond donors (Lipinski definition) is 1. The zero-order valence-electron chi connectivity index (χ0n) is 15.2. The number of carbonyl (C=O) groups is 3. The van der Waals surface area contributed by atoms with Crippen LogP contribution in [-0.4, -0.2) is 45.5 Å². The molecule has 0 radical (unpaired) electrons. The van der Waals surface area contributed by atoms with E-state index in [9.17, 15) is 14.4 Å². The molecule has 0 aliphatic carbocycles. The molecule has 27 heavy (non-hydrogen) atoms. The molecule has 0 saturated carbocycles. The number of nitrogens with one attached hydrogen (secondary N) is 1. The first kappa shape index (κ1) is 20.0. The lowest BCUT2D eigenvalue weighted by atomic mass is 10.1. The third-order valence-corrected chi connectivity index (χ3v) is 3.80. The van der Waals surface area contributed by atoms with Crippen LogP contribution in [0.5, 0.6) is 11.5 Å². The predicted molar refractivity (Wildman–Crippen MR) is 98.4 cm³/mol. The van der Waals surface area contributed by atoms with Crippen LogP contribution in [0.2, 0.25) is 0 Å². The number of amides is 1. The van der Waals surface area contributed by atoms with Gasteiger partial charge in [0.15, 0.2) is 18.1 Å². The second-order valence-electron chi connectivity index (χ2n) is 5.61. The van der Waals surface area contributed by atoms with Crippen LogP contribution in [0.3, 0.4) is 0 Å². The first-order valence-electron chi connectivity index (χ1n) is 8.27. The Balaban J connectivity index is 1.75. The van der Waals surface area contributed by atoms with Crippen LogP contribution in [0.4, 0.5) is 0 Å². The van der Waals surface area contributed by atoms with Gasteiger partial charge in [-0.3, -0.25) is 9.59 Å². The predicted octanol–water partition coefficient (Wildman–Crippen LogP) is 2.03. The van der Waals surface area contributed by atoms with Crippen molar-refractivity contribution in [3.63, 3.8) is 0 Å². The number of benzene rings is 2. The Morgan fingerprint density at radius 2 is 1.70 bits per heavy atom. The normalized spacial score (nSPS) is 10.0. The van der Waals surface area contributed by atoms with Crippen LogP contribution in [0.1, 0.15) is 26.3 Å². The van der Waals surface area contributed by atoms with Gasteiger partial charge in [-0.2, -0.15) is 0 Å². The molecule has 1 amide bonds. The highest BCUT2D eigenvalue weighted by Gasteiger charge is 2.10. The molecular weight excluding hydrogens is 350 g/mol. The molecule has 0 aromatic heterocycles. The maximum absolute atomic E-state index is 11.9. The van der Waals surface area contributed by atoms with Crippen LogP contribution >= 0.6 is 0 Å². The molecule has 0 fully saturated rings. The molecule has 0 bridgehead atoms. The minimum atomic E-state index is -0.623. The molecule has 2 aromatic carbocycles. The topological polar surface area (TPSA) is 90.9 Å². The third-order valence-electron chi connectivity index (χ3n) is 3.80. The summed E-state index contributed by atoms with van der Waals surface area (Å²) in [6.45, 7) is 0.0140. The molecule has 2 rings (SSSR count). The summed E-state index contributed by atoms with van der Waals surface area (Å²) in [5.41, 5.74) is 1.71. The fourth-order valence-corrected chi connectivity index (χ4v) is 2.35. The highest BCUT2D eigenvalue weighted by Crippen LogP contribution is 2.27. The Morgan fingerprint density at radius 3 is 2.33 bits per heavy atom. The van der Waals surface area contributed by atoms with Gasteiger partial charge < -0.3 is 19.5 Å². The minimum absolute atomic E-state index is 0.277. The van der Waals surface area contributed by atoms with E-state index in [2.05, 4.69) is 5.32 Å². The summed E-state index contributed by atoms with van der Waals surface area (Å²) >= 11 is 0. The molecule has 1 N–H and O–H groups in total. The van der Waals surface area contributed by atoms with Crippen molar-refractivity contribution in [2.75, 3.05) is 27.4 Å². The lowest BCUT2D eigenvalue weighted by Gasteiger charge is -2.10. The van der Waals surface area contributed by atoms with E-state index in [-0.39, 0.29) is 12.2 Å². The lowest BCUT2D eigenvalue weighted by Crippen LogP contribution is -2.30. The summed E-state index contributed by atoms with van der Waals surface area (Å²) in [6.07, 6.45) is 1.27. The average molecular weight is 371 g/mol. The molecule has 7 nitrogen and oxygen atoms in total. The molecule has 2 aromatic rings. The monoisotopic (exact) mass is 371 g/mol. The highest BCUT2D eigenvalue weighted by molar-refractivity contribution is 5.92. The molecule has 0 atom stereocenters. The van der Waals surface area contributed by atoms with Gasteiger partial charge in [0, 0.05) is 12.1 Å². The highest BCUT2D eigenvalue weighted by atomic mass is 16.5. The van der Waals surface area contributed by atoms with Crippen LogP contribution in [0.25, 0.3) is 0 Å². The largest absolute Gasteiger partial charge is 0.493 e. The van der Waals surface area contributed by atoms with Crippen molar-refractivity contribution in [3.05, 3.63) is 59.2 Å². The summed E-state index contributed by atoms with van der Waals surface area (Å²) < 4.78 is 15.4. The number of ether oxygens (including phenoxy) is 3. The average Bonchev–Trinajstić information content (AvgIpc) is 2.71. The summed E-state index contributed by atoms with van der Waals surface area (Å²) in [6, 6.07) is 11.5. The quantitative estimate of drug-likeness (QED) is 0.536. The van der Waals surface area contributed by atoms with Gasteiger partial charge in [-0.05, 0) is 36.2 Å². The van der Waals surface area contributed by atoms with Gasteiger partial charge in [-0.1, -0.05) is 18.2 Å². The van der Waals surface area contributed by atoms with Crippen molar-refractivity contribution < 1.29 is 28.6 Å². The summed E-state index contributed by atoms with van der Waals surface area (Å²) in [4.78, 5) is 34.3. The van der Waals surface area contributed by atoms with E-state index < -0.39 is 11.9 Å². The Labute approximate surface area is 157 Å². The molecule has 142 valence electrons. The molecule has 0 unspecified atom stereocenters. The standard InChI is InChI=1S/C20H21NO6/c1-25-17-8-5-14(11-18(17)26-2)9-10-21-19(23)13-27-20(24)16-6-3-15(12-22)4-7-16/h3-8,11-12H,9-10,13H2,1-2H3,(H,21,23). The van der Waals surface area contributed by atoms with Crippen molar-refractivity contribution in [1.82, 2.24) is 5.32 Å². The van der Waals surface area contributed by atoms with Crippen LogP contribution in [-0.2, 0) is 16.0 Å². The molecule has 0 saturated heterocycles. The van der Waals surface area contributed by atoms with Crippen LogP contribution in [0.15, 0.2) is 42.5 Å². The maximum Gasteiger partial charge on any atom is 0.338 e. The fourth-order valence-electron chi connectivity index (χ4n) is 2.35. The summed E-state index contributed by atoms with van der Waals surface area (Å²) in [5, 5.41) is 2.69.